The molecule has 2 aromatic rings. The van der Waals surface area contributed by atoms with Crippen LogP contribution >= 0.6 is 24.0 Å². The predicted molar refractivity (Wildman–Crippen MR) is 133 cm³/mol. The first-order valence-electron chi connectivity index (χ1n) is 9.46. The molecule has 0 amide bonds. The number of nitrogens with zero attached hydrogens (tertiary/aromatic N) is 1. The highest BCUT2D eigenvalue weighted by Crippen LogP contribution is 2.20. The zero-order valence-corrected chi connectivity index (χ0v) is 20.7. The van der Waals surface area contributed by atoms with Crippen molar-refractivity contribution in [2.75, 3.05) is 26.4 Å². The van der Waals surface area contributed by atoms with Crippen molar-refractivity contribution in [3.05, 3.63) is 71.8 Å². The van der Waals surface area contributed by atoms with E-state index in [1.54, 1.807) is 20.9 Å². The van der Waals surface area contributed by atoms with Crippen LogP contribution in [0.25, 0.3) is 0 Å². The minimum atomic E-state index is -3.17. The van der Waals surface area contributed by atoms with E-state index in [1.807, 2.05) is 12.1 Å². The van der Waals surface area contributed by atoms with Crippen molar-refractivity contribution in [2.45, 2.75) is 30.9 Å². The van der Waals surface area contributed by atoms with Gasteiger partial charge in [-0.25, -0.2) is 8.42 Å². The summed E-state index contributed by atoms with van der Waals surface area (Å²) in [6.07, 6.45) is 2.17. The van der Waals surface area contributed by atoms with Gasteiger partial charge in [0.25, 0.3) is 0 Å². The van der Waals surface area contributed by atoms with Crippen molar-refractivity contribution < 1.29 is 8.42 Å². The SMILES string of the molecule is CN=C(NCC(Cc1ccccc1)c1ccccc1)NCC(C)(C)S(C)(=O)=O.I. The molecule has 0 aliphatic heterocycles. The molecule has 0 radical (unpaired) electrons. The molecule has 0 aliphatic carbocycles. The third-order valence-corrected chi connectivity index (χ3v) is 7.17. The fourth-order valence-electron chi connectivity index (χ4n) is 2.80. The van der Waals surface area contributed by atoms with E-state index in [-0.39, 0.29) is 29.9 Å². The number of hydrogen-bond donors (Lipinski definition) is 2. The van der Waals surface area contributed by atoms with Crippen LogP contribution in [0.5, 0.6) is 0 Å². The number of benzene rings is 2. The Bertz CT molecular complexity index is 869. The van der Waals surface area contributed by atoms with Crippen LogP contribution in [0.15, 0.2) is 65.7 Å². The van der Waals surface area contributed by atoms with E-state index in [9.17, 15) is 8.42 Å². The van der Waals surface area contributed by atoms with Crippen LogP contribution in [-0.2, 0) is 16.3 Å². The molecule has 0 heterocycles. The molecule has 1 atom stereocenters. The Balaban J connectivity index is 0.00000420. The average molecular weight is 529 g/mol. The first-order valence-corrected chi connectivity index (χ1v) is 11.3. The predicted octanol–water partition coefficient (Wildman–Crippen LogP) is 3.62. The Labute approximate surface area is 192 Å². The summed E-state index contributed by atoms with van der Waals surface area (Å²) >= 11 is 0. The summed E-state index contributed by atoms with van der Waals surface area (Å²) in [4.78, 5) is 4.25. The summed E-state index contributed by atoms with van der Waals surface area (Å²) in [7, 11) is -1.47. The van der Waals surface area contributed by atoms with Gasteiger partial charge in [-0.1, -0.05) is 60.7 Å². The van der Waals surface area contributed by atoms with Crippen molar-refractivity contribution >= 4 is 39.8 Å². The van der Waals surface area contributed by atoms with Crippen molar-refractivity contribution in [1.29, 1.82) is 0 Å². The quantitative estimate of drug-likeness (QED) is 0.312. The van der Waals surface area contributed by atoms with Crippen molar-refractivity contribution in [1.82, 2.24) is 10.6 Å². The lowest BCUT2D eigenvalue weighted by molar-refractivity contribution is 0.543. The van der Waals surface area contributed by atoms with Gasteiger partial charge in [0.1, 0.15) is 0 Å². The molecular weight excluding hydrogens is 497 g/mol. The lowest BCUT2D eigenvalue weighted by Gasteiger charge is -2.25. The molecule has 0 aliphatic rings. The molecule has 2 rings (SSSR count). The van der Waals surface area contributed by atoms with Crippen LogP contribution in [0.3, 0.4) is 0 Å². The Kier molecular flexibility index (Phi) is 10.1. The average Bonchev–Trinajstić information content (AvgIpc) is 2.67. The molecule has 0 aromatic heterocycles. The minimum absolute atomic E-state index is 0. The second-order valence-corrected chi connectivity index (χ2v) is 10.3. The van der Waals surface area contributed by atoms with Gasteiger partial charge < -0.3 is 10.6 Å². The van der Waals surface area contributed by atoms with Gasteiger partial charge in [-0.2, -0.15) is 0 Å². The van der Waals surface area contributed by atoms with Gasteiger partial charge in [0.05, 0.1) is 4.75 Å². The first kappa shape index (κ1) is 25.4. The monoisotopic (exact) mass is 529 g/mol. The van der Waals surface area contributed by atoms with Crippen molar-refractivity contribution in [3.63, 3.8) is 0 Å². The topological polar surface area (TPSA) is 70.6 Å². The second-order valence-electron chi connectivity index (χ2n) is 7.64. The van der Waals surface area contributed by atoms with Crippen LogP contribution in [-0.4, -0.2) is 45.5 Å². The maximum absolute atomic E-state index is 11.9. The van der Waals surface area contributed by atoms with Gasteiger partial charge in [0.2, 0.25) is 0 Å². The molecule has 29 heavy (non-hydrogen) atoms. The number of sulfone groups is 1. The van der Waals surface area contributed by atoms with E-state index < -0.39 is 14.6 Å². The number of halogens is 1. The highest BCUT2D eigenvalue weighted by molar-refractivity contribution is 14.0. The molecule has 160 valence electrons. The zero-order chi connectivity index (χ0) is 20.6. The summed E-state index contributed by atoms with van der Waals surface area (Å²) in [5.41, 5.74) is 2.53. The lowest BCUT2D eigenvalue weighted by atomic mass is 9.92. The number of nitrogens with one attached hydrogen (secondary N) is 2. The molecule has 5 nitrogen and oxygen atoms in total. The van der Waals surface area contributed by atoms with Crippen LogP contribution in [0.4, 0.5) is 0 Å². The minimum Gasteiger partial charge on any atom is -0.356 e. The molecule has 2 aromatic carbocycles. The van der Waals surface area contributed by atoms with E-state index in [2.05, 4.69) is 64.2 Å². The maximum Gasteiger partial charge on any atom is 0.191 e. The third kappa shape index (κ3) is 7.97. The van der Waals surface area contributed by atoms with Gasteiger partial charge in [0, 0.05) is 32.3 Å². The van der Waals surface area contributed by atoms with Crippen LogP contribution < -0.4 is 10.6 Å². The number of aliphatic imine (C=N–C) groups is 1. The molecule has 7 heteroatoms. The summed E-state index contributed by atoms with van der Waals surface area (Å²) < 4.78 is 22.9. The maximum atomic E-state index is 11.9. The molecule has 0 saturated carbocycles. The molecule has 0 saturated heterocycles. The number of hydrogen-bond acceptors (Lipinski definition) is 3. The van der Waals surface area contributed by atoms with E-state index in [0.29, 0.717) is 19.0 Å². The standard InChI is InChI=1S/C22H31N3O2S.HI/c1-22(2,28(4,26)27)17-25-21(23-3)24-16-20(19-13-9-6-10-14-19)15-18-11-7-5-8-12-18;/h5-14,20H,15-17H2,1-4H3,(H2,23,24,25);1H. The number of guanidine groups is 1. The molecule has 1 unspecified atom stereocenters. The van der Waals surface area contributed by atoms with Gasteiger partial charge in [-0.05, 0) is 31.4 Å². The molecular formula is C22H32IN3O2S. The van der Waals surface area contributed by atoms with Crippen LogP contribution in [0, 0.1) is 0 Å². The molecule has 0 bridgehead atoms. The second kappa shape index (κ2) is 11.5. The summed E-state index contributed by atoms with van der Waals surface area (Å²) in [6.45, 7) is 4.41. The smallest absolute Gasteiger partial charge is 0.191 e. The first-order chi connectivity index (χ1) is 13.2. The normalized spacial score (nSPS) is 13.3. The lowest BCUT2D eigenvalue weighted by Crippen LogP contribution is -2.48. The highest BCUT2D eigenvalue weighted by Gasteiger charge is 2.30. The summed E-state index contributed by atoms with van der Waals surface area (Å²) in [6, 6.07) is 20.8. The van der Waals surface area contributed by atoms with Gasteiger partial charge >= 0.3 is 0 Å². The molecule has 2 N–H and O–H groups in total. The Morgan fingerprint density at radius 1 is 1.00 bits per heavy atom. The Morgan fingerprint density at radius 3 is 2.07 bits per heavy atom. The highest BCUT2D eigenvalue weighted by atomic mass is 127. The summed E-state index contributed by atoms with van der Waals surface area (Å²) in [5.74, 6) is 0.871. The van der Waals surface area contributed by atoms with Crippen LogP contribution in [0.2, 0.25) is 0 Å². The van der Waals surface area contributed by atoms with Crippen LogP contribution in [0.1, 0.15) is 30.9 Å². The van der Waals surface area contributed by atoms with Crippen molar-refractivity contribution in [3.8, 4) is 0 Å². The van der Waals surface area contributed by atoms with Gasteiger partial charge in [0.15, 0.2) is 15.8 Å². The molecule has 0 fully saturated rings. The van der Waals surface area contributed by atoms with Gasteiger partial charge in [-0.15, -0.1) is 24.0 Å². The van der Waals surface area contributed by atoms with Gasteiger partial charge in [-0.3, -0.25) is 4.99 Å². The van der Waals surface area contributed by atoms with E-state index >= 15 is 0 Å². The zero-order valence-electron chi connectivity index (χ0n) is 17.6. The van der Waals surface area contributed by atoms with E-state index in [0.717, 1.165) is 6.42 Å². The fraction of sp³-hybridized carbons (Fsp3) is 0.409. The largest absolute Gasteiger partial charge is 0.356 e. The Morgan fingerprint density at radius 2 is 1.55 bits per heavy atom. The summed E-state index contributed by atoms with van der Waals surface area (Å²) in [5, 5.41) is 6.50. The van der Waals surface area contributed by atoms with Crippen molar-refractivity contribution in [2.24, 2.45) is 4.99 Å². The Hall–Kier alpha value is -1.61. The van der Waals surface area contributed by atoms with E-state index in [1.165, 1.54) is 17.4 Å². The third-order valence-electron chi connectivity index (χ3n) is 5.02. The number of rotatable bonds is 8. The van der Waals surface area contributed by atoms with E-state index in [4.69, 9.17) is 0 Å². The molecule has 0 spiro atoms. The fourth-order valence-corrected chi connectivity index (χ4v) is 3.13.